The lowest BCUT2D eigenvalue weighted by molar-refractivity contribution is -0.119. The van der Waals surface area contributed by atoms with Crippen LogP contribution in [-0.2, 0) is 24.7 Å². The normalized spacial score (nSPS) is 10.8. The summed E-state index contributed by atoms with van der Waals surface area (Å²) in [4.78, 5) is 12.0. The SMILES string of the molecule is Cn1cc(CCC(=O)CCCc2ccc(-c3ccccc3F)cc2)cn1. The first-order chi connectivity index (χ1) is 12.6. The van der Waals surface area contributed by atoms with E-state index in [1.54, 1.807) is 16.8 Å². The third-order valence-electron chi connectivity index (χ3n) is 4.51. The highest BCUT2D eigenvalue weighted by Gasteiger charge is 2.06. The fraction of sp³-hybridized carbons (Fsp3) is 0.273. The van der Waals surface area contributed by atoms with Gasteiger partial charge in [0.2, 0.25) is 0 Å². The molecule has 0 fully saturated rings. The second-order valence-corrected chi connectivity index (χ2v) is 6.59. The zero-order valence-corrected chi connectivity index (χ0v) is 15.0. The molecule has 0 N–H and O–H groups in total. The number of aryl methyl sites for hydroxylation is 3. The number of carbonyl (C=O) groups excluding carboxylic acids is 1. The fourth-order valence-electron chi connectivity index (χ4n) is 3.05. The number of carbonyl (C=O) groups is 1. The van der Waals surface area contributed by atoms with Gasteiger partial charge in [0, 0.05) is 31.6 Å². The minimum atomic E-state index is -0.209. The molecule has 4 heteroatoms. The fourth-order valence-corrected chi connectivity index (χ4v) is 3.05. The van der Waals surface area contributed by atoms with Crippen LogP contribution in [0.4, 0.5) is 4.39 Å². The Morgan fingerprint density at radius 2 is 1.77 bits per heavy atom. The van der Waals surface area contributed by atoms with Gasteiger partial charge >= 0.3 is 0 Å². The quantitative estimate of drug-likeness (QED) is 0.587. The van der Waals surface area contributed by atoms with Crippen molar-refractivity contribution in [1.29, 1.82) is 0 Å². The topological polar surface area (TPSA) is 34.9 Å². The summed E-state index contributed by atoms with van der Waals surface area (Å²) in [5.41, 5.74) is 3.76. The lowest BCUT2D eigenvalue weighted by Gasteiger charge is -2.06. The number of aromatic nitrogens is 2. The van der Waals surface area contributed by atoms with Crippen LogP contribution in [0, 0.1) is 5.82 Å². The number of nitrogens with zero attached hydrogens (tertiary/aromatic N) is 2. The molecule has 3 rings (SSSR count). The van der Waals surface area contributed by atoms with Gasteiger partial charge < -0.3 is 0 Å². The first kappa shape index (κ1) is 18.1. The van der Waals surface area contributed by atoms with E-state index >= 15 is 0 Å². The minimum Gasteiger partial charge on any atom is -0.300 e. The maximum absolute atomic E-state index is 13.8. The third-order valence-corrected chi connectivity index (χ3v) is 4.51. The van der Waals surface area contributed by atoms with Crippen LogP contribution in [0.25, 0.3) is 11.1 Å². The van der Waals surface area contributed by atoms with Gasteiger partial charge in [0.15, 0.2) is 0 Å². The molecule has 2 aromatic carbocycles. The van der Waals surface area contributed by atoms with Gasteiger partial charge in [0.1, 0.15) is 11.6 Å². The number of Topliss-reactive ketones (excluding diaryl/α,β-unsaturated/α-hetero) is 1. The van der Waals surface area contributed by atoms with Crippen LogP contribution >= 0.6 is 0 Å². The Kier molecular flexibility index (Phi) is 5.95. The van der Waals surface area contributed by atoms with Crippen LogP contribution in [-0.4, -0.2) is 15.6 Å². The van der Waals surface area contributed by atoms with E-state index in [1.165, 1.54) is 11.6 Å². The number of rotatable bonds is 8. The Balaban J connectivity index is 1.45. The van der Waals surface area contributed by atoms with Gasteiger partial charge in [-0.05, 0) is 42.0 Å². The lowest BCUT2D eigenvalue weighted by Crippen LogP contribution is -2.01. The average molecular weight is 350 g/mol. The Labute approximate surface area is 153 Å². The van der Waals surface area contributed by atoms with E-state index < -0.39 is 0 Å². The van der Waals surface area contributed by atoms with Crippen molar-refractivity contribution in [3.8, 4) is 11.1 Å². The smallest absolute Gasteiger partial charge is 0.133 e. The summed E-state index contributed by atoms with van der Waals surface area (Å²) in [6.45, 7) is 0. The van der Waals surface area contributed by atoms with Crippen LogP contribution in [0.2, 0.25) is 0 Å². The van der Waals surface area contributed by atoms with Crippen molar-refractivity contribution >= 4 is 5.78 Å². The summed E-state index contributed by atoms with van der Waals surface area (Å²) >= 11 is 0. The van der Waals surface area contributed by atoms with E-state index in [0.717, 1.165) is 30.4 Å². The molecule has 0 bridgehead atoms. The van der Waals surface area contributed by atoms with Gasteiger partial charge in [-0.2, -0.15) is 5.10 Å². The molecule has 0 saturated heterocycles. The zero-order valence-electron chi connectivity index (χ0n) is 15.0. The van der Waals surface area contributed by atoms with Crippen molar-refractivity contribution in [2.24, 2.45) is 7.05 Å². The predicted octanol–water partition coefficient (Wildman–Crippen LogP) is 4.75. The Morgan fingerprint density at radius 3 is 2.46 bits per heavy atom. The third kappa shape index (κ3) is 4.88. The van der Waals surface area contributed by atoms with Crippen LogP contribution in [0.5, 0.6) is 0 Å². The molecule has 0 radical (unpaired) electrons. The van der Waals surface area contributed by atoms with Crippen LogP contribution in [0.15, 0.2) is 60.9 Å². The van der Waals surface area contributed by atoms with E-state index in [2.05, 4.69) is 5.10 Å². The molecule has 0 aliphatic carbocycles. The first-order valence-corrected chi connectivity index (χ1v) is 8.95. The predicted molar refractivity (Wildman–Crippen MR) is 101 cm³/mol. The van der Waals surface area contributed by atoms with E-state index in [-0.39, 0.29) is 11.6 Å². The molecule has 1 aromatic heterocycles. The largest absolute Gasteiger partial charge is 0.300 e. The summed E-state index contributed by atoms with van der Waals surface area (Å²) in [6, 6.07) is 14.7. The Hall–Kier alpha value is -2.75. The van der Waals surface area contributed by atoms with Gasteiger partial charge in [-0.15, -0.1) is 0 Å². The summed E-state index contributed by atoms with van der Waals surface area (Å²) in [7, 11) is 1.88. The van der Waals surface area contributed by atoms with E-state index in [0.29, 0.717) is 18.4 Å². The summed E-state index contributed by atoms with van der Waals surface area (Å²) in [5, 5.41) is 4.11. The van der Waals surface area contributed by atoms with Crippen LogP contribution < -0.4 is 0 Å². The highest BCUT2D eigenvalue weighted by molar-refractivity contribution is 5.78. The number of halogens is 1. The summed E-state index contributed by atoms with van der Waals surface area (Å²) in [6.07, 6.45) is 7.37. The Morgan fingerprint density at radius 1 is 1.00 bits per heavy atom. The Bertz CT molecular complexity index is 868. The molecule has 0 atom stereocenters. The van der Waals surface area contributed by atoms with Gasteiger partial charge in [0.25, 0.3) is 0 Å². The molecule has 0 spiro atoms. The average Bonchev–Trinajstić information content (AvgIpc) is 3.06. The zero-order chi connectivity index (χ0) is 18.4. The lowest BCUT2D eigenvalue weighted by atomic mass is 10.00. The highest BCUT2D eigenvalue weighted by atomic mass is 19.1. The standard InChI is InChI=1S/C22H23FN2O/c1-25-16-18(15-24-25)11-14-20(26)6-4-5-17-9-12-19(13-10-17)21-7-2-3-8-22(21)23/h2-3,7-10,12-13,15-16H,4-6,11,14H2,1H3. The van der Waals surface area contributed by atoms with Crippen molar-refractivity contribution < 1.29 is 9.18 Å². The molecule has 0 amide bonds. The minimum absolute atomic E-state index is 0.209. The van der Waals surface area contributed by atoms with E-state index in [9.17, 15) is 9.18 Å². The molecule has 26 heavy (non-hydrogen) atoms. The maximum atomic E-state index is 13.8. The molecule has 3 nitrogen and oxygen atoms in total. The van der Waals surface area contributed by atoms with Crippen molar-refractivity contribution in [3.05, 3.63) is 77.9 Å². The van der Waals surface area contributed by atoms with E-state index in [1.807, 2.05) is 49.8 Å². The molecule has 1 heterocycles. The van der Waals surface area contributed by atoms with Crippen LogP contribution in [0.3, 0.4) is 0 Å². The number of hydrogen-bond donors (Lipinski definition) is 0. The van der Waals surface area contributed by atoms with Gasteiger partial charge in [0.05, 0.1) is 6.20 Å². The number of benzene rings is 2. The second kappa shape index (κ2) is 8.56. The molecular weight excluding hydrogens is 327 g/mol. The maximum Gasteiger partial charge on any atom is 0.133 e. The number of ketones is 1. The highest BCUT2D eigenvalue weighted by Crippen LogP contribution is 2.23. The monoisotopic (exact) mass is 350 g/mol. The molecule has 0 aliphatic heterocycles. The molecule has 134 valence electrons. The summed E-state index contributed by atoms with van der Waals surface area (Å²) < 4.78 is 15.6. The summed E-state index contributed by atoms with van der Waals surface area (Å²) in [5.74, 6) is 0.0799. The van der Waals surface area contributed by atoms with Gasteiger partial charge in [-0.1, -0.05) is 42.5 Å². The van der Waals surface area contributed by atoms with Crippen molar-refractivity contribution in [2.75, 3.05) is 0 Å². The molecular formula is C22H23FN2O. The van der Waals surface area contributed by atoms with Crippen molar-refractivity contribution in [3.63, 3.8) is 0 Å². The number of hydrogen-bond acceptors (Lipinski definition) is 2. The van der Waals surface area contributed by atoms with Crippen molar-refractivity contribution in [2.45, 2.75) is 32.1 Å². The molecule has 0 aliphatic rings. The second-order valence-electron chi connectivity index (χ2n) is 6.59. The van der Waals surface area contributed by atoms with Crippen LogP contribution in [0.1, 0.15) is 30.4 Å². The molecule has 3 aromatic rings. The van der Waals surface area contributed by atoms with Crippen molar-refractivity contribution in [1.82, 2.24) is 9.78 Å². The van der Waals surface area contributed by atoms with Gasteiger partial charge in [-0.3, -0.25) is 9.48 Å². The molecule has 0 unspecified atom stereocenters. The van der Waals surface area contributed by atoms with E-state index in [4.69, 9.17) is 0 Å². The first-order valence-electron chi connectivity index (χ1n) is 8.95. The van der Waals surface area contributed by atoms with Gasteiger partial charge in [-0.25, -0.2) is 4.39 Å². The molecule has 0 saturated carbocycles.